The maximum Gasteiger partial charge on any atom is 0 e. The molecule has 1 radical (unpaired) electrons. The average molecular weight is 323 g/mol. The summed E-state index contributed by atoms with van der Waals surface area (Å²) < 4.78 is 0. The van der Waals surface area contributed by atoms with Gasteiger partial charge in [-0.2, -0.15) is 6.08 Å². The van der Waals surface area contributed by atoms with Crippen molar-refractivity contribution in [3.05, 3.63) is 76.7 Å². The van der Waals surface area contributed by atoms with Crippen molar-refractivity contribution in [1.82, 2.24) is 0 Å². The summed E-state index contributed by atoms with van der Waals surface area (Å²) in [6.45, 7) is 0. The molecule has 21 heavy (non-hydrogen) atoms. The Bertz CT molecular complexity index is 682. The third-order valence-corrected chi connectivity index (χ3v) is 3.35. The van der Waals surface area contributed by atoms with E-state index in [9.17, 15) is 20.4 Å². The van der Waals surface area contributed by atoms with Crippen molar-refractivity contribution in [2.45, 2.75) is 12.3 Å². The molecule has 0 heterocycles. The Balaban J connectivity index is 0.000000174. The molecule has 0 spiro atoms. The van der Waals surface area contributed by atoms with Gasteiger partial charge in [-0.15, -0.1) is 12.0 Å². The molecule has 0 aliphatic heterocycles. The Morgan fingerprint density at radius 3 is 2.29 bits per heavy atom. The summed E-state index contributed by atoms with van der Waals surface area (Å²) in [6, 6.07) is 7.59. The van der Waals surface area contributed by atoms with E-state index in [1.807, 2.05) is 24.3 Å². The van der Waals surface area contributed by atoms with Crippen LogP contribution in [-0.2, 0) is 16.8 Å². The zero-order chi connectivity index (χ0) is 14.3. The van der Waals surface area contributed by atoms with Crippen LogP contribution in [0.25, 0.3) is 5.57 Å². The first-order chi connectivity index (χ1) is 9.59. The number of fused-ring (bicyclic) bond motifs is 4. The second-order valence-corrected chi connectivity index (χ2v) is 4.51. The summed E-state index contributed by atoms with van der Waals surface area (Å²) in [5.41, 5.74) is 2.62. The predicted molar refractivity (Wildman–Crippen MR) is 62.3 cm³/mol. The molecule has 0 N–H and O–H groups in total. The third-order valence-electron chi connectivity index (χ3n) is 3.35. The Morgan fingerprint density at radius 1 is 1.00 bits per heavy atom. The zero-order valence-electron chi connectivity index (χ0n) is 10.6. The first-order valence-corrected chi connectivity index (χ1v) is 6.06. The zero-order valence-corrected chi connectivity index (χ0v) is 11.7. The molecule has 111 valence electrons. The van der Waals surface area contributed by atoms with Crippen LogP contribution in [0.5, 0.6) is 0 Å². The molecule has 3 aliphatic carbocycles. The molecular weight excluding hydrogens is 315 g/mol. The van der Waals surface area contributed by atoms with Crippen molar-refractivity contribution in [2.75, 3.05) is 0 Å². The van der Waals surface area contributed by atoms with Gasteiger partial charge in [-0.3, -0.25) is 17.9 Å². The number of hydrogen-bond acceptors (Lipinski definition) is 4. The maximum absolute atomic E-state index is 11.3. The van der Waals surface area contributed by atoms with Crippen molar-refractivity contribution in [3.63, 3.8) is 0 Å². The molecule has 0 bridgehead atoms. The van der Waals surface area contributed by atoms with Gasteiger partial charge < -0.3 is 37.7 Å². The van der Waals surface area contributed by atoms with Crippen LogP contribution in [0.4, 0.5) is 0 Å². The second kappa shape index (κ2) is 5.71. The largest absolute Gasteiger partial charge is 0.954 e. The molecule has 5 heteroatoms. The minimum atomic E-state index is -0.486. The molecule has 0 amide bonds. The van der Waals surface area contributed by atoms with Crippen LogP contribution in [0.2, 0.25) is 0 Å². The Morgan fingerprint density at radius 2 is 1.71 bits per heavy atom. The molecular formula is C16H8CoO4-6. The SMILES string of the molecule is [Co].[O-]C1=[C-]C2C(=C1[O-])c1ccccc12.[O-]C1=[C-]CC=C1[O-]. The van der Waals surface area contributed by atoms with E-state index >= 15 is 0 Å². The molecule has 0 saturated heterocycles. The fraction of sp³-hybridized carbons (Fsp3) is 0.125. The molecule has 1 unspecified atom stereocenters. The van der Waals surface area contributed by atoms with E-state index in [1.165, 1.54) is 6.08 Å². The molecule has 0 fully saturated rings. The van der Waals surface area contributed by atoms with Crippen molar-refractivity contribution < 1.29 is 37.2 Å². The molecule has 1 aromatic carbocycles. The Hall–Kier alpha value is -2.11. The topological polar surface area (TPSA) is 92.2 Å². The second-order valence-electron chi connectivity index (χ2n) is 4.51. The molecule has 0 saturated carbocycles. The molecule has 4 nitrogen and oxygen atoms in total. The van der Waals surface area contributed by atoms with Crippen LogP contribution >= 0.6 is 0 Å². The van der Waals surface area contributed by atoms with Gasteiger partial charge >= 0.3 is 0 Å². The van der Waals surface area contributed by atoms with Crippen LogP contribution < -0.4 is 20.4 Å². The van der Waals surface area contributed by atoms with Gasteiger partial charge in [0, 0.05) is 16.8 Å². The predicted octanol–water partition coefficient (Wildman–Crippen LogP) is -1.40. The minimum Gasteiger partial charge on any atom is -0.954 e. The summed E-state index contributed by atoms with van der Waals surface area (Å²) in [5.74, 6) is -1.88. The van der Waals surface area contributed by atoms with E-state index < -0.39 is 17.3 Å². The van der Waals surface area contributed by atoms with Gasteiger partial charge in [0.15, 0.2) is 0 Å². The molecule has 0 aromatic heterocycles. The van der Waals surface area contributed by atoms with E-state index in [0.29, 0.717) is 12.0 Å². The summed E-state index contributed by atoms with van der Waals surface area (Å²) in [7, 11) is 0. The van der Waals surface area contributed by atoms with Gasteiger partial charge in [-0.1, -0.05) is 35.7 Å². The third kappa shape index (κ3) is 2.45. The molecule has 1 atom stereocenters. The minimum absolute atomic E-state index is 0. The van der Waals surface area contributed by atoms with Gasteiger partial charge in [0.25, 0.3) is 0 Å². The Labute approximate surface area is 132 Å². The van der Waals surface area contributed by atoms with E-state index in [4.69, 9.17) is 0 Å². The molecule has 3 aliphatic rings. The maximum atomic E-state index is 11.3. The summed E-state index contributed by atoms with van der Waals surface area (Å²) >= 11 is 0. The Kier molecular flexibility index (Phi) is 4.15. The summed E-state index contributed by atoms with van der Waals surface area (Å²) in [4.78, 5) is 0. The van der Waals surface area contributed by atoms with Gasteiger partial charge in [0.1, 0.15) is 0 Å². The van der Waals surface area contributed by atoms with E-state index in [0.717, 1.165) is 11.1 Å². The number of allylic oxidation sites excluding steroid dienone is 4. The fourth-order valence-electron chi connectivity index (χ4n) is 2.37. The number of rotatable bonds is 0. The molecule has 1 aromatic rings. The normalized spacial score (nSPS) is 20.8. The molecule has 4 rings (SSSR count). The summed E-state index contributed by atoms with van der Waals surface area (Å²) in [6.07, 6.45) is 6.68. The van der Waals surface area contributed by atoms with Crippen LogP contribution in [0, 0.1) is 12.2 Å². The van der Waals surface area contributed by atoms with Crippen LogP contribution in [0.1, 0.15) is 23.5 Å². The number of benzene rings is 1. The van der Waals surface area contributed by atoms with Crippen LogP contribution in [-0.4, -0.2) is 0 Å². The van der Waals surface area contributed by atoms with Gasteiger partial charge in [-0.05, 0) is 5.56 Å². The number of hydrogen-bond donors (Lipinski definition) is 0. The van der Waals surface area contributed by atoms with E-state index in [1.54, 1.807) is 0 Å². The van der Waals surface area contributed by atoms with Crippen molar-refractivity contribution >= 4 is 5.57 Å². The quantitative estimate of drug-likeness (QED) is 0.549. The standard InChI is InChI=1S/C11H7O2.C5H5O2.Co/c12-9-5-8-6-3-1-2-4-7(6)10(8)11(9)13;6-4-2-1-3-5(4)7;/h1-4,8,12-13H;2,6-7H,1H2;/q2*-1;/p-4. The average Bonchev–Trinajstić information content (AvgIpc) is 2.91. The van der Waals surface area contributed by atoms with Crippen molar-refractivity contribution in [1.29, 1.82) is 0 Å². The smallest absolute Gasteiger partial charge is 0 e. The van der Waals surface area contributed by atoms with Gasteiger partial charge in [-0.25, -0.2) is 0 Å². The first kappa shape index (κ1) is 15.3. The monoisotopic (exact) mass is 323 g/mol. The fourth-order valence-corrected chi connectivity index (χ4v) is 2.37. The van der Waals surface area contributed by atoms with E-state index in [2.05, 4.69) is 12.2 Å². The van der Waals surface area contributed by atoms with Crippen LogP contribution in [0.15, 0.2) is 53.4 Å². The van der Waals surface area contributed by atoms with Crippen LogP contribution in [0.3, 0.4) is 0 Å². The first-order valence-electron chi connectivity index (χ1n) is 6.06. The van der Waals surface area contributed by atoms with Crippen molar-refractivity contribution in [2.24, 2.45) is 0 Å². The van der Waals surface area contributed by atoms with Gasteiger partial charge in [0.05, 0.1) is 0 Å². The summed E-state index contributed by atoms with van der Waals surface area (Å²) in [5, 5.41) is 42.5. The van der Waals surface area contributed by atoms with E-state index in [-0.39, 0.29) is 28.5 Å². The van der Waals surface area contributed by atoms with Crippen molar-refractivity contribution in [3.8, 4) is 0 Å². The van der Waals surface area contributed by atoms with Gasteiger partial charge in [0.2, 0.25) is 0 Å².